The largest absolute Gasteiger partial charge is 0.454 e. The summed E-state index contributed by atoms with van der Waals surface area (Å²) in [6, 6.07) is 12.6. The van der Waals surface area contributed by atoms with Crippen molar-refractivity contribution in [3.05, 3.63) is 48.0 Å². The SMILES string of the molecule is CC(CNC(=O)CC1NC(=O)NC1=O)c1ccc(-c2ccc3c(c2)OCO3)cc1. The van der Waals surface area contributed by atoms with E-state index in [-0.39, 0.29) is 25.0 Å². The lowest BCUT2D eigenvalue weighted by atomic mass is 9.97. The van der Waals surface area contributed by atoms with E-state index in [0.29, 0.717) is 6.54 Å². The van der Waals surface area contributed by atoms with Gasteiger partial charge in [-0.3, -0.25) is 14.9 Å². The minimum atomic E-state index is -0.807. The first kappa shape index (κ1) is 18.8. The Morgan fingerprint density at radius 3 is 2.55 bits per heavy atom. The molecule has 3 N–H and O–H groups in total. The standard InChI is InChI=1S/C21H21N3O5/c1-12(10-22-19(25)9-16-20(26)24-21(27)23-16)13-2-4-14(5-3-13)15-6-7-17-18(8-15)29-11-28-17/h2-8,12,16H,9-11H2,1H3,(H,22,25)(H2,23,24,26,27). The van der Waals surface area contributed by atoms with Crippen molar-refractivity contribution in [3.8, 4) is 22.6 Å². The molecule has 1 saturated heterocycles. The maximum Gasteiger partial charge on any atom is 0.322 e. The molecule has 0 aliphatic carbocycles. The molecule has 2 atom stereocenters. The zero-order valence-corrected chi connectivity index (χ0v) is 15.9. The van der Waals surface area contributed by atoms with Crippen LogP contribution in [-0.4, -0.2) is 37.2 Å². The molecule has 8 heteroatoms. The summed E-state index contributed by atoms with van der Waals surface area (Å²) in [6.45, 7) is 2.70. The summed E-state index contributed by atoms with van der Waals surface area (Å²) < 4.78 is 10.8. The molecular weight excluding hydrogens is 374 g/mol. The molecular formula is C21H21N3O5. The molecule has 2 heterocycles. The first-order valence-electron chi connectivity index (χ1n) is 9.37. The lowest BCUT2D eigenvalue weighted by Crippen LogP contribution is -2.37. The summed E-state index contributed by atoms with van der Waals surface area (Å²) in [5, 5.41) is 7.34. The highest BCUT2D eigenvalue weighted by molar-refractivity contribution is 6.05. The molecule has 0 spiro atoms. The molecule has 2 unspecified atom stereocenters. The van der Waals surface area contributed by atoms with E-state index in [2.05, 4.69) is 16.0 Å². The Bertz CT molecular complexity index is 957. The maximum atomic E-state index is 12.1. The van der Waals surface area contributed by atoms with Gasteiger partial charge in [0.2, 0.25) is 12.7 Å². The zero-order valence-electron chi connectivity index (χ0n) is 15.9. The number of benzene rings is 2. The molecule has 2 aromatic rings. The number of carbonyl (C=O) groups is 3. The number of ether oxygens (including phenoxy) is 2. The molecule has 1 fully saturated rings. The van der Waals surface area contributed by atoms with E-state index in [1.54, 1.807) is 0 Å². The summed E-state index contributed by atoms with van der Waals surface area (Å²) in [6.07, 6.45) is -0.0760. The van der Waals surface area contributed by atoms with Crippen LogP contribution in [-0.2, 0) is 9.59 Å². The Morgan fingerprint density at radius 1 is 1.10 bits per heavy atom. The van der Waals surface area contributed by atoms with E-state index in [9.17, 15) is 14.4 Å². The highest BCUT2D eigenvalue weighted by Crippen LogP contribution is 2.36. The molecule has 29 heavy (non-hydrogen) atoms. The van der Waals surface area contributed by atoms with Crippen LogP contribution in [0.5, 0.6) is 11.5 Å². The van der Waals surface area contributed by atoms with Gasteiger partial charge in [0.15, 0.2) is 11.5 Å². The molecule has 2 aliphatic rings. The van der Waals surface area contributed by atoms with E-state index in [1.807, 2.05) is 49.4 Å². The molecule has 4 amide bonds. The number of nitrogens with one attached hydrogen (secondary N) is 3. The van der Waals surface area contributed by atoms with Crippen LogP contribution in [0, 0.1) is 0 Å². The second kappa shape index (κ2) is 7.83. The van der Waals surface area contributed by atoms with E-state index < -0.39 is 18.0 Å². The summed E-state index contributed by atoms with van der Waals surface area (Å²) in [7, 11) is 0. The monoisotopic (exact) mass is 395 g/mol. The lowest BCUT2D eigenvalue weighted by Gasteiger charge is -2.15. The number of rotatable bonds is 6. The predicted molar refractivity (Wildman–Crippen MR) is 105 cm³/mol. The van der Waals surface area contributed by atoms with Gasteiger partial charge in [0.25, 0.3) is 5.91 Å². The average molecular weight is 395 g/mol. The van der Waals surface area contributed by atoms with Crippen molar-refractivity contribution in [3.63, 3.8) is 0 Å². The fourth-order valence-electron chi connectivity index (χ4n) is 3.33. The third kappa shape index (κ3) is 4.16. The first-order valence-corrected chi connectivity index (χ1v) is 9.37. The number of imide groups is 1. The van der Waals surface area contributed by atoms with Crippen molar-refractivity contribution >= 4 is 17.8 Å². The summed E-state index contributed by atoms with van der Waals surface area (Å²) >= 11 is 0. The van der Waals surface area contributed by atoms with Crippen molar-refractivity contribution in [2.24, 2.45) is 0 Å². The number of urea groups is 1. The van der Waals surface area contributed by atoms with Crippen LogP contribution in [0.25, 0.3) is 11.1 Å². The van der Waals surface area contributed by atoms with Crippen molar-refractivity contribution in [2.45, 2.75) is 25.3 Å². The van der Waals surface area contributed by atoms with Crippen LogP contribution in [0.4, 0.5) is 4.79 Å². The van der Waals surface area contributed by atoms with Gasteiger partial charge in [0, 0.05) is 6.54 Å². The number of fused-ring (bicyclic) bond motifs is 1. The van der Waals surface area contributed by atoms with E-state index in [1.165, 1.54) is 0 Å². The van der Waals surface area contributed by atoms with Crippen molar-refractivity contribution in [1.29, 1.82) is 0 Å². The Morgan fingerprint density at radius 2 is 1.83 bits per heavy atom. The van der Waals surface area contributed by atoms with Gasteiger partial charge in [-0.25, -0.2) is 4.79 Å². The van der Waals surface area contributed by atoms with Gasteiger partial charge in [0.05, 0.1) is 6.42 Å². The molecule has 0 saturated carbocycles. The van der Waals surface area contributed by atoms with Crippen molar-refractivity contribution in [1.82, 2.24) is 16.0 Å². The minimum Gasteiger partial charge on any atom is -0.454 e. The average Bonchev–Trinajstić information content (AvgIpc) is 3.31. The number of carbonyl (C=O) groups excluding carboxylic acids is 3. The highest BCUT2D eigenvalue weighted by atomic mass is 16.7. The van der Waals surface area contributed by atoms with Gasteiger partial charge in [-0.1, -0.05) is 37.3 Å². The Labute approximate surface area is 167 Å². The predicted octanol–water partition coefficient (Wildman–Crippen LogP) is 1.90. The van der Waals surface area contributed by atoms with Gasteiger partial charge in [-0.15, -0.1) is 0 Å². The van der Waals surface area contributed by atoms with Gasteiger partial charge >= 0.3 is 6.03 Å². The zero-order chi connectivity index (χ0) is 20.4. The maximum absolute atomic E-state index is 12.1. The molecule has 150 valence electrons. The summed E-state index contributed by atoms with van der Waals surface area (Å²) in [5.74, 6) is 0.837. The van der Waals surface area contributed by atoms with Crippen LogP contribution in [0.2, 0.25) is 0 Å². The van der Waals surface area contributed by atoms with Crippen LogP contribution in [0.3, 0.4) is 0 Å². The third-order valence-corrected chi connectivity index (χ3v) is 5.04. The van der Waals surface area contributed by atoms with Gasteiger partial charge in [0.1, 0.15) is 6.04 Å². The molecule has 0 bridgehead atoms. The number of hydrogen-bond acceptors (Lipinski definition) is 5. The van der Waals surface area contributed by atoms with Crippen LogP contribution in [0.15, 0.2) is 42.5 Å². The van der Waals surface area contributed by atoms with Crippen LogP contribution < -0.4 is 25.4 Å². The van der Waals surface area contributed by atoms with Gasteiger partial charge < -0.3 is 20.1 Å². The van der Waals surface area contributed by atoms with Crippen molar-refractivity contribution < 1.29 is 23.9 Å². The van der Waals surface area contributed by atoms with E-state index in [0.717, 1.165) is 28.2 Å². The second-order valence-electron chi connectivity index (χ2n) is 7.11. The Balaban J connectivity index is 1.32. The van der Waals surface area contributed by atoms with Gasteiger partial charge in [-0.2, -0.15) is 0 Å². The lowest BCUT2D eigenvalue weighted by molar-refractivity contribution is -0.126. The Kier molecular flexibility index (Phi) is 5.07. The van der Waals surface area contributed by atoms with E-state index in [4.69, 9.17) is 9.47 Å². The normalized spacial score (nSPS) is 18.2. The first-order chi connectivity index (χ1) is 14.0. The molecule has 0 aromatic heterocycles. The smallest absolute Gasteiger partial charge is 0.322 e. The molecule has 0 radical (unpaired) electrons. The second-order valence-corrected chi connectivity index (χ2v) is 7.11. The Hall–Kier alpha value is -3.55. The summed E-state index contributed by atoms with van der Waals surface area (Å²) in [5.41, 5.74) is 3.19. The fourth-order valence-corrected chi connectivity index (χ4v) is 3.33. The number of hydrogen-bond donors (Lipinski definition) is 3. The highest BCUT2D eigenvalue weighted by Gasteiger charge is 2.31. The molecule has 4 rings (SSSR count). The van der Waals surface area contributed by atoms with Crippen molar-refractivity contribution in [2.75, 3.05) is 13.3 Å². The molecule has 8 nitrogen and oxygen atoms in total. The molecule has 2 aliphatic heterocycles. The number of amides is 4. The van der Waals surface area contributed by atoms with Gasteiger partial charge in [-0.05, 0) is 34.7 Å². The summed E-state index contributed by atoms with van der Waals surface area (Å²) in [4.78, 5) is 34.7. The topological polar surface area (TPSA) is 106 Å². The minimum absolute atomic E-state index is 0.0760. The van der Waals surface area contributed by atoms with E-state index >= 15 is 0 Å². The van der Waals surface area contributed by atoms with Crippen LogP contribution in [0.1, 0.15) is 24.8 Å². The van der Waals surface area contributed by atoms with Crippen LogP contribution >= 0.6 is 0 Å². The fraction of sp³-hybridized carbons (Fsp3) is 0.286. The molecule has 2 aromatic carbocycles. The quantitative estimate of drug-likeness (QED) is 0.648. The third-order valence-electron chi connectivity index (χ3n) is 5.04.